The standard InChI is InChI=1S/C17H16N2O5/c20-16(18-8-2-1-3-9(6-8)19(23)24)14-10-4-5-11(13-7-12(10)13)15(14)17(21)22/h1-6,10-15H,7H2,(H,18,20)(H,21,22)/p-1/t10-,11+,12-,13+,14-,15-/m0/s1. The first-order valence-electron chi connectivity index (χ1n) is 7.92. The summed E-state index contributed by atoms with van der Waals surface area (Å²) in [7, 11) is 0. The van der Waals surface area contributed by atoms with E-state index in [0.717, 1.165) is 6.42 Å². The zero-order valence-electron chi connectivity index (χ0n) is 12.6. The summed E-state index contributed by atoms with van der Waals surface area (Å²) in [6.07, 6.45) is 4.82. The number of fused-ring (bicyclic) bond motifs is 1. The number of hydrogen-bond acceptors (Lipinski definition) is 5. The number of carboxylic acid groups (broad SMARTS) is 1. The third-order valence-electron chi connectivity index (χ3n) is 5.55. The fraction of sp³-hybridized carbons (Fsp3) is 0.412. The van der Waals surface area contributed by atoms with Gasteiger partial charge in [0.2, 0.25) is 5.91 Å². The van der Waals surface area contributed by atoms with Gasteiger partial charge in [-0.05, 0) is 36.2 Å². The molecule has 24 heavy (non-hydrogen) atoms. The predicted octanol–water partition coefficient (Wildman–Crippen LogP) is 0.967. The molecule has 0 saturated heterocycles. The number of nitrogens with one attached hydrogen (secondary N) is 1. The first-order chi connectivity index (χ1) is 11.5. The largest absolute Gasteiger partial charge is 0.550 e. The van der Waals surface area contributed by atoms with Crippen molar-refractivity contribution in [1.29, 1.82) is 0 Å². The van der Waals surface area contributed by atoms with Gasteiger partial charge in [-0.2, -0.15) is 0 Å². The first-order valence-corrected chi connectivity index (χ1v) is 7.92. The topological polar surface area (TPSA) is 112 Å². The van der Waals surface area contributed by atoms with E-state index in [4.69, 9.17) is 0 Å². The molecule has 7 nitrogen and oxygen atoms in total. The maximum absolute atomic E-state index is 12.7. The molecule has 5 rings (SSSR count). The zero-order chi connectivity index (χ0) is 17.0. The van der Waals surface area contributed by atoms with E-state index in [0.29, 0.717) is 17.5 Å². The van der Waals surface area contributed by atoms with E-state index in [1.807, 2.05) is 12.2 Å². The number of anilines is 1. The molecule has 4 aliphatic rings. The van der Waals surface area contributed by atoms with Crippen molar-refractivity contribution in [3.63, 3.8) is 0 Å². The lowest BCUT2D eigenvalue weighted by Gasteiger charge is -2.44. The molecule has 0 radical (unpaired) electrons. The molecule has 4 aliphatic carbocycles. The van der Waals surface area contributed by atoms with Crippen molar-refractivity contribution in [3.05, 3.63) is 46.5 Å². The van der Waals surface area contributed by atoms with Crippen LogP contribution >= 0.6 is 0 Å². The van der Waals surface area contributed by atoms with Gasteiger partial charge in [-0.1, -0.05) is 18.2 Å². The van der Waals surface area contributed by atoms with Crippen molar-refractivity contribution in [1.82, 2.24) is 0 Å². The van der Waals surface area contributed by atoms with Crippen LogP contribution in [0.15, 0.2) is 36.4 Å². The van der Waals surface area contributed by atoms with Crippen LogP contribution in [0.3, 0.4) is 0 Å². The molecule has 2 saturated carbocycles. The molecular formula is C17H15N2O5-. The van der Waals surface area contributed by atoms with Gasteiger partial charge in [-0.15, -0.1) is 0 Å². The summed E-state index contributed by atoms with van der Waals surface area (Å²) in [5, 5.41) is 25.1. The van der Waals surface area contributed by atoms with E-state index in [2.05, 4.69) is 5.32 Å². The highest BCUT2D eigenvalue weighted by Crippen LogP contribution is 2.63. The minimum atomic E-state index is -1.20. The number of carbonyl (C=O) groups is 2. The van der Waals surface area contributed by atoms with Gasteiger partial charge in [-0.3, -0.25) is 14.9 Å². The van der Waals surface area contributed by atoms with Crippen LogP contribution in [0.25, 0.3) is 0 Å². The molecule has 0 spiro atoms. The van der Waals surface area contributed by atoms with Crippen molar-refractivity contribution >= 4 is 23.3 Å². The lowest BCUT2D eigenvalue weighted by Crippen LogP contribution is -2.52. The summed E-state index contributed by atoms with van der Waals surface area (Å²) in [4.78, 5) is 34.6. The Bertz CT molecular complexity index is 774. The Morgan fingerprint density at radius 2 is 1.79 bits per heavy atom. The van der Waals surface area contributed by atoms with E-state index in [1.165, 1.54) is 18.2 Å². The average Bonchev–Trinajstić information content (AvgIpc) is 3.36. The summed E-state index contributed by atoms with van der Waals surface area (Å²) in [5.41, 5.74) is 0.167. The number of aliphatic carboxylic acids is 1. The third kappa shape index (κ3) is 2.19. The maximum atomic E-state index is 12.7. The normalized spacial score (nSPS) is 35.2. The van der Waals surface area contributed by atoms with Crippen molar-refractivity contribution in [2.45, 2.75) is 6.42 Å². The number of carbonyl (C=O) groups excluding carboxylic acids is 2. The van der Waals surface area contributed by atoms with Crippen LogP contribution in [0.1, 0.15) is 6.42 Å². The van der Waals surface area contributed by atoms with Gasteiger partial charge in [-0.25, -0.2) is 0 Å². The number of carboxylic acids is 1. The molecule has 0 unspecified atom stereocenters. The summed E-state index contributed by atoms with van der Waals surface area (Å²) >= 11 is 0. The predicted molar refractivity (Wildman–Crippen MR) is 81.4 cm³/mol. The van der Waals surface area contributed by atoms with Crippen LogP contribution in [0.2, 0.25) is 0 Å². The number of rotatable bonds is 4. The molecule has 124 valence electrons. The molecule has 1 amide bonds. The molecule has 7 heteroatoms. The minimum Gasteiger partial charge on any atom is -0.550 e. The van der Waals surface area contributed by atoms with Crippen LogP contribution in [0, 0.1) is 45.6 Å². The van der Waals surface area contributed by atoms with Gasteiger partial charge in [0.05, 0.1) is 10.8 Å². The van der Waals surface area contributed by atoms with E-state index in [9.17, 15) is 24.8 Å². The second kappa shape index (κ2) is 5.15. The summed E-state index contributed by atoms with van der Waals surface area (Å²) < 4.78 is 0. The highest BCUT2D eigenvalue weighted by atomic mass is 16.6. The number of nitro benzene ring substituents is 1. The Kier molecular flexibility index (Phi) is 3.19. The van der Waals surface area contributed by atoms with E-state index in [1.54, 1.807) is 6.07 Å². The Morgan fingerprint density at radius 3 is 2.42 bits per heavy atom. The van der Waals surface area contributed by atoms with Crippen LogP contribution < -0.4 is 10.4 Å². The van der Waals surface area contributed by atoms with Gasteiger partial charge in [0.1, 0.15) is 0 Å². The number of nitrogens with zero attached hydrogens (tertiary/aromatic N) is 1. The van der Waals surface area contributed by atoms with Crippen molar-refractivity contribution in [2.24, 2.45) is 35.5 Å². The molecule has 0 aromatic heterocycles. The molecule has 6 atom stereocenters. The van der Waals surface area contributed by atoms with Crippen molar-refractivity contribution < 1.29 is 19.6 Å². The van der Waals surface area contributed by atoms with Crippen LogP contribution in [0.5, 0.6) is 0 Å². The summed E-state index contributed by atoms with van der Waals surface area (Å²) in [5.74, 6) is -2.64. The number of hydrogen-bond donors (Lipinski definition) is 1. The third-order valence-corrected chi connectivity index (χ3v) is 5.55. The van der Waals surface area contributed by atoms with Crippen molar-refractivity contribution in [2.75, 3.05) is 5.32 Å². The number of allylic oxidation sites excluding steroid dienone is 2. The molecule has 0 aliphatic heterocycles. The highest BCUT2D eigenvalue weighted by Gasteiger charge is 2.61. The van der Waals surface area contributed by atoms with Gasteiger partial charge >= 0.3 is 0 Å². The van der Waals surface area contributed by atoms with E-state index in [-0.39, 0.29) is 17.5 Å². The zero-order valence-corrected chi connectivity index (χ0v) is 12.6. The molecule has 1 aromatic rings. The summed E-state index contributed by atoms with van der Waals surface area (Å²) in [6, 6.07) is 5.63. The molecular weight excluding hydrogens is 312 g/mol. The van der Waals surface area contributed by atoms with E-state index >= 15 is 0 Å². The molecule has 1 aromatic carbocycles. The Balaban J connectivity index is 1.59. The molecule has 0 heterocycles. The number of non-ortho nitro benzene ring substituents is 1. The Morgan fingerprint density at radius 1 is 1.12 bits per heavy atom. The number of benzene rings is 1. The van der Waals surface area contributed by atoms with Gasteiger partial charge in [0, 0.05) is 29.7 Å². The lowest BCUT2D eigenvalue weighted by molar-refractivity contribution is -0.384. The van der Waals surface area contributed by atoms with Crippen LogP contribution in [-0.2, 0) is 9.59 Å². The minimum absolute atomic E-state index is 0.0957. The van der Waals surface area contributed by atoms with Crippen LogP contribution in [0.4, 0.5) is 11.4 Å². The average molecular weight is 327 g/mol. The highest BCUT2D eigenvalue weighted by molar-refractivity contribution is 5.96. The lowest BCUT2D eigenvalue weighted by atomic mass is 9.62. The maximum Gasteiger partial charge on any atom is 0.271 e. The van der Waals surface area contributed by atoms with Gasteiger partial charge < -0.3 is 15.2 Å². The fourth-order valence-electron chi connectivity index (χ4n) is 4.48. The molecule has 2 bridgehead atoms. The van der Waals surface area contributed by atoms with Crippen LogP contribution in [-0.4, -0.2) is 16.8 Å². The Labute approximate surface area is 137 Å². The van der Waals surface area contributed by atoms with E-state index < -0.39 is 28.6 Å². The van der Waals surface area contributed by atoms with Gasteiger partial charge in [0.15, 0.2) is 0 Å². The van der Waals surface area contributed by atoms with Gasteiger partial charge in [0.25, 0.3) is 5.69 Å². The molecule has 2 fully saturated rings. The smallest absolute Gasteiger partial charge is 0.271 e. The Hall–Kier alpha value is -2.70. The fourth-order valence-corrected chi connectivity index (χ4v) is 4.48. The second-order valence-corrected chi connectivity index (χ2v) is 6.77. The second-order valence-electron chi connectivity index (χ2n) is 6.77. The SMILES string of the molecule is O=C([O-])[C@H]1[C@@H]2C=C[C@@H]([C@@H]3C[C@H]23)[C@@H]1C(=O)Nc1cccc([N+](=O)[O-])c1. The first kappa shape index (κ1) is 14.9. The van der Waals surface area contributed by atoms with Crippen molar-refractivity contribution in [3.8, 4) is 0 Å². The molecule has 1 N–H and O–H groups in total. The summed E-state index contributed by atoms with van der Waals surface area (Å²) in [6.45, 7) is 0. The quantitative estimate of drug-likeness (QED) is 0.503. The monoisotopic (exact) mass is 327 g/mol. The number of nitro groups is 1. The number of amides is 1.